The molecule has 2 aliphatic rings. The summed E-state index contributed by atoms with van der Waals surface area (Å²) in [7, 11) is 0. The van der Waals surface area contributed by atoms with E-state index < -0.39 is 18.2 Å². The van der Waals surface area contributed by atoms with Crippen molar-refractivity contribution in [3.05, 3.63) is 35.9 Å². The minimum Gasteiger partial charge on any atom is -0.343 e. The standard InChI is InChI=1S/C15H18O5/c1-15(2)19-11-9-18-14(12(16)13(11)20-15)17-8-10-6-4-3-5-7-10/h3-7,11,13-14H,8-9H2,1-2H3/t11-,13+,14-/m1/s1. The van der Waals surface area contributed by atoms with Gasteiger partial charge in [-0.1, -0.05) is 30.3 Å². The number of fused-ring (bicyclic) bond motifs is 1. The van der Waals surface area contributed by atoms with Crippen LogP contribution in [0.15, 0.2) is 30.3 Å². The van der Waals surface area contributed by atoms with Crippen LogP contribution in [0.2, 0.25) is 0 Å². The van der Waals surface area contributed by atoms with E-state index in [4.69, 9.17) is 18.9 Å². The Morgan fingerprint density at radius 3 is 2.75 bits per heavy atom. The van der Waals surface area contributed by atoms with Crippen LogP contribution in [0.1, 0.15) is 19.4 Å². The molecule has 3 atom stereocenters. The number of Topliss-reactive ketones (excluding diaryl/α,β-unsaturated/α-hetero) is 1. The number of carbonyl (C=O) groups is 1. The van der Waals surface area contributed by atoms with Crippen LogP contribution in [-0.4, -0.2) is 36.7 Å². The number of rotatable bonds is 3. The molecule has 2 fully saturated rings. The van der Waals surface area contributed by atoms with Gasteiger partial charge in [-0.3, -0.25) is 4.79 Å². The van der Waals surface area contributed by atoms with Gasteiger partial charge in [0.25, 0.3) is 0 Å². The van der Waals surface area contributed by atoms with Gasteiger partial charge in [0.05, 0.1) is 13.2 Å². The second-order valence-corrected chi connectivity index (χ2v) is 5.46. The van der Waals surface area contributed by atoms with Gasteiger partial charge in [-0.15, -0.1) is 0 Å². The summed E-state index contributed by atoms with van der Waals surface area (Å²) >= 11 is 0. The van der Waals surface area contributed by atoms with Gasteiger partial charge in [0, 0.05) is 0 Å². The highest BCUT2D eigenvalue weighted by molar-refractivity contribution is 5.87. The number of ether oxygens (including phenoxy) is 4. The average Bonchev–Trinajstić information content (AvgIpc) is 2.75. The van der Waals surface area contributed by atoms with Crippen molar-refractivity contribution >= 4 is 5.78 Å². The van der Waals surface area contributed by atoms with Gasteiger partial charge in [-0.25, -0.2) is 0 Å². The third-order valence-corrected chi connectivity index (χ3v) is 3.35. The second-order valence-electron chi connectivity index (χ2n) is 5.46. The van der Waals surface area contributed by atoms with Crippen molar-refractivity contribution in [3.63, 3.8) is 0 Å². The van der Waals surface area contributed by atoms with Gasteiger partial charge in [0.2, 0.25) is 12.1 Å². The normalized spacial score (nSPS) is 32.1. The summed E-state index contributed by atoms with van der Waals surface area (Å²) in [6.45, 7) is 4.22. The minimum absolute atomic E-state index is 0.206. The van der Waals surface area contributed by atoms with E-state index in [9.17, 15) is 4.79 Å². The van der Waals surface area contributed by atoms with Crippen LogP contribution in [0.5, 0.6) is 0 Å². The van der Waals surface area contributed by atoms with Crippen molar-refractivity contribution in [3.8, 4) is 0 Å². The Labute approximate surface area is 117 Å². The van der Waals surface area contributed by atoms with E-state index >= 15 is 0 Å². The fourth-order valence-corrected chi connectivity index (χ4v) is 2.47. The van der Waals surface area contributed by atoms with Crippen LogP contribution in [0, 0.1) is 0 Å². The van der Waals surface area contributed by atoms with Crippen molar-refractivity contribution in [1.82, 2.24) is 0 Å². The van der Waals surface area contributed by atoms with Crippen molar-refractivity contribution in [2.24, 2.45) is 0 Å². The third kappa shape index (κ3) is 2.76. The first-order chi connectivity index (χ1) is 9.55. The molecule has 0 N–H and O–H groups in total. The molecule has 0 aliphatic carbocycles. The average molecular weight is 278 g/mol. The number of hydrogen-bond donors (Lipinski definition) is 0. The Hall–Kier alpha value is -1.27. The topological polar surface area (TPSA) is 54.0 Å². The largest absolute Gasteiger partial charge is 0.343 e. The number of hydrogen-bond acceptors (Lipinski definition) is 5. The van der Waals surface area contributed by atoms with Gasteiger partial charge in [-0.05, 0) is 19.4 Å². The Balaban J connectivity index is 1.61. The van der Waals surface area contributed by atoms with Crippen LogP contribution >= 0.6 is 0 Å². The van der Waals surface area contributed by atoms with Crippen LogP contribution < -0.4 is 0 Å². The maximum Gasteiger partial charge on any atom is 0.221 e. The molecule has 0 amide bonds. The van der Waals surface area contributed by atoms with Crippen LogP contribution in [0.4, 0.5) is 0 Å². The molecular formula is C15H18O5. The zero-order valence-corrected chi connectivity index (χ0v) is 11.6. The van der Waals surface area contributed by atoms with Crippen LogP contribution in [0.25, 0.3) is 0 Å². The quantitative estimate of drug-likeness (QED) is 0.841. The fraction of sp³-hybridized carbons (Fsp3) is 0.533. The van der Waals surface area contributed by atoms with E-state index in [-0.39, 0.29) is 11.9 Å². The Bertz CT molecular complexity index is 484. The number of ketones is 1. The molecule has 20 heavy (non-hydrogen) atoms. The first-order valence-electron chi connectivity index (χ1n) is 6.72. The molecule has 2 saturated heterocycles. The lowest BCUT2D eigenvalue weighted by Crippen LogP contribution is -2.49. The molecule has 3 rings (SSSR count). The van der Waals surface area contributed by atoms with E-state index in [0.717, 1.165) is 5.56 Å². The molecular weight excluding hydrogens is 260 g/mol. The summed E-state index contributed by atoms with van der Waals surface area (Å²) < 4.78 is 22.2. The molecule has 0 bridgehead atoms. The minimum atomic E-state index is -0.881. The van der Waals surface area contributed by atoms with Gasteiger partial charge in [0.1, 0.15) is 6.10 Å². The molecule has 1 aromatic carbocycles. The monoisotopic (exact) mass is 278 g/mol. The molecule has 0 aromatic heterocycles. The summed E-state index contributed by atoms with van der Waals surface area (Å²) in [5.74, 6) is -0.953. The number of carbonyl (C=O) groups excluding carboxylic acids is 1. The predicted octanol–water partition coefficient (Wildman–Crippen LogP) is 1.65. The SMILES string of the molecule is CC1(C)O[C@@H]2C(=O)[C@H](OCc3ccccc3)OC[C@H]2O1. The lowest BCUT2D eigenvalue weighted by molar-refractivity contribution is -0.200. The molecule has 1 aromatic rings. The highest BCUT2D eigenvalue weighted by atomic mass is 16.8. The van der Waals surface area contributed by atoms with Gasteiger partial charge in [0.15, 0.2) is 11.9 Å². The van der Waals surface area contributed by atoms with E-state index in [1.807, 2.05) is 30.3 Å². The highest BCUT2D eigenvalue weighted by Crippen LogP contribution is 2.32. The van der Waals surface area contributed by atoms with E-state index in [2.05, 4.69) is 0 Å². The second kappa shape index (κ2) is 5.26. The molecule has 108 valence electrons. The van der Waals surface area contributed by atoms with Crippen molar-refractivity contribution in [1.29, 1.82) is 0 Å². The predicted molar refractivity (Wildman–Crippen MR) is 69.8 cm³/mol. The Kier molecular flexibility index (Phi) is 3.60. The molecule has 0 spiro atoms. The van der Waals surface area contributed by atoms with Crippen molar-refractivity contribution in [2.75, 3.05) is 6.61 Å². The molecule has 5 heteroatoms. The Morgan fingerprint density at radius 1 is 1.25 bits per heavy atom. The summed E-state index contributed by atoms with van der Waals surface area (Å²) in [6, 6.07) is 9.66. The van der Waals surface area contributed by atoms with E-state index in [1.165, 1.54) is 0 Å². The lowest BCUT2D eigenvalue weighted by Gasteiger charge is -2.28. The van der Waals surface area contributed by atoms with Crippen LogP contribution in [-0.2, 0) is 30.3 Å². The molecule has 5 nitrogen and oxygen atoms in total. The van der Waals surface area contributed by atoms with Crippen molar-refractivity contribution in [2.45, 2.75) is 44.7 Å². The van der Waals surface area contributed by atoms with Crippen LogP contribution in [0.3, 0.4) is 0 Å². The number of benzene rings is 1. The van der Waals surface area contributed by atoms with E-state index in [0.29, 0.717) is 13.2 Å². The molecule has 0 unspecified atom stereocenters. The summed E-state index contributed by atoms with van der Waals surface area (Å²) in [5, 5.41) is 0. The molecule has 0 radical (unpaired) electrons. The zero-order valence-electron chi connectivity index (χ0n) is 11.6. The maximum atomic E-state index is 12.3. The molecule has 0 saturated carbocycles. The first-order valence-corrected chi connectivity index (χ1v) is 6.72. The smallest absolute Gasteiger partial charge is 0.221 e. The molecule has 2 heterocycles. The zero-order chi connectivity index (χ0) is 14.2. The fourth-order valence-electron chi connectivity index (χ4n) is 2.47. The maximum absolute atomic E-state index is 12.3. The Morgan fingerprint density at radius 2 is 2.00 bits per heavy atom. The van der Waals surface area contributed by atoms with E-state index in [1.54, 1.807) is 13.8 Å². The summed E-state index contributed by atoms with van der Waals surface area (Å²) in [6.07, 6.45) is -1.82. The van der Waals surface area contributed by atoms with Gasteiger partial charge >= 0.3 is 0 Å². The lowest BCUT2D eigenvalue weighted by atomic mass is 10.1. The summed E-state index contributed by atoms with van der Waals surface area (Å²) in [4.78, 5) is 12.3. The first kappa shape index (κ1) is 13.7. The van der Waals surface area contributed by atoms with Crippen molar-refractivity contribution < 1.29 is 23.7 Å². The van der Waals surface area contributed by atoms with Gasteiger partial charge < -0.3 is 18.9 Å². The molecule has 2 aliphatic heterocycles. The summed E-state index contributed by atoms with van der Waals surface area (Å²) in [5.41, 5.74) is 0.995. The van der Waals surface area contributed by atoms with Gasteiger partial charge in [-0.2, -0.15) is 0 Å². The third-order valence-electron chi connectivity index (χ3n) is 3.35. The highest BCUT2D eigenvalue weighted by Gasteiger charge is 2.50.